The van der Waals surface area contributed by atoms with E-state index >= 15 is 4.39 Å². The molecule has 0 spiro atoms. The molecule has 0 saturated carbocycles. The maximum Gasteiger partial charge on any atom is 0.416 e. The summed E-state index contributed by atoms with van der Waals surface area (Å²) in [4.78, 5) is 14.5. The maximum atomic E-state index is 15.0. The molecule has 2 N–H and O–H groups in total. The summed E-state index contributed by atoms with van der Waals surface area (Å²) in [6.07, 6.45) is -5.47. The first-order chi connectivity index (χ1) is 16.0. The van der Waals surface area contributed by atoms with Gasteiger partial charge in [0.2, 0.25) is 0 Å². The highest BCUT2D eigenvalue weighted by Gasteiger charge is 2.39. The van der Waals surface area contributed by atoms with Crippen molar-refractivity contribution >= 4 is 5.78 Å². The molecule has 0 aliphatic carbocycles. The quantitative estimate of drug-likeness (QED) is 0.377. The van der Waals surface area contributed by atoms with Gasteiger partial charge in [0.05, 0.1) is 17.3 Å². The molecule has 0 amide bonds. The number of piperidine rings is 1. The van der Waals surface area contributed by atoms with Gasteiger partial charge in [0.1, 0.15) is 0 Å². The summed E-state index contributed by atoms with van der Waals surface area (Å²) in [6, 6.07) is 13.2. The van der Waals surface area contributed by atoms with E-state index in [0.717, 1.165) is 18.6 Å². The summed E-state index contributed by atoms with van der Waals surface area (Å²) in [6.45, 7) is 4.68. The van der Waals surface area contributed by atoms with E-state index in [2.05, 4.69) is 5.32 Å². The molecule has 2 aromatic rings. The number of nitrogens with one attached hydrogen (secondary N) is 1. The zero-order chi connectivity index (χ0) is 24.9. The number of hydrogen-bond acceptors (Lipinski definition) is 4. The lowest BCUT2D eigenvalue weighted by Gasteiger charge is -2.43. The number of alkyl halides is 4. The van der Waals surface area contributed by atoms with E-state index in [-0.39, 0.29) is 30.9 Å². The van der Waals surface area contributed by atoms with Gasteiger partial charge in [-0.2, -0.15) is 13.2 Å². The van der Waals surface area contributed by atoms with E-state index in [1.54, 1.807) is 30.3 Å². The number of carbonyl (C=O) groups is 1. The molecule has 8 heteroatoms. The number of aliphatic hydroxyl groups is 1. The third-order valence-corrected chi connectivity index (χ3v) is 6.66. The van der Waals surface area contributed by atoms with Gasteiger partial charge in [-0.1, -0.05) is 49.4 Å². The van der Waals surface area contributed by atoms with Crippen molar-refractivity contribution in [3.8, 4) is 0 Å². The Labute approximate surface area is 198 Å². The minimum atomic E-state index is -4.49. The average Bonchev–Trinajstić information content (AvgIpc) is 2.83. The molecule has 1 saturated heterocycles. The Balaban J connectivity index is 1.71. The zero-order valence-corrected chi connectivity index (χ0v) is 19.5. The van der Waals surface area contributed by atoms with Gasteiger partial charge >= 0.3 is 6.18 Å². The van der Waals surface area contributed by atoms with Crippen LogP contribution in [0.3, 0.4) is 0 Å². The van der Waals surface area contributed by atoms with Crippen molar-refractivity contribution in [2.24, 2.45) is 0 Å². The smallest absolute Gasteiger partial charge is 0.385 e. The number of ketones is 1. The molecule has 3 rings (SSSR count). The number of carbonyl (C=O) groups excluding carboxylic acids is 1. The molecule has 4 nitrogen and oxygen atoms in total. The predicted molar refractivity (Wildman–Crippen MR) is 123 cm³/mol. The van der Waals surface area contributed by atoms with Crippen molar-refractivity contribution in [1.82, 2.24) is 10.2 Å². The molecular weight excluding hydrogens is 448 g/mol. The molecule has 3 atom stereocenters. The van der Waals surface area contributed by atoms with Crippen LogP contribution in [0.25, 0.3) is 0 Å². The molecule has 1 aliphatic rings. The SMILES string of the molecule is CCC(C)NC(CC(F)C(=O)c1ccccc1)N1CCC(O)(c2cccc(C(F)(F)F)c2)CC1. The number of hydrogen-bond donors (Lipinski definition) is 2. The van der Waals surface area contributed by atoms with E-state index in [1.165, 1.54) is 12.1 Å². The lowest BCUT2D eigenvalue weighted by molar-refractivity contribution is -0.137. The zero-order valence-electron chi connectivity index (χ0n) is 19.5. The van der Waals surface area contributed by atoms with E-state index in [0.29, 0.717) is 18.7 Å². The van der Waals surface area contributed by atoms with Gasteiger partial charge in [0.25, 0.3) is 0 Å². The Bertz CT molecular complexity index is 943. The summed E-state index contributed by atoms with van der Waals surface area (Å²) in [5.74, 6) is -0.575. The van der Waals surface area contributed by atoms with Crippen LogP contribution in [0.5, 0.6) is 0 Å². The molecule has 2 aromatic carbocycles. The van der Waals surface area contributed by atoms with Crippen molar-refractivity contribution in [3.63, 3.8) is 0 Å². The molecular formula is C26H32F4N2O2. The van der Waals surface area contributed by atoms with Crippen LogP contribution in [0.1, 0.15) is 61.0 Å². The first-order valence-corrected chi connectivity index (χ1v) is 11.7. The number of nitrogens with zero attached hydrogens (tertiary/aromatic N) is 1. The van der Waals surface area contributed by atoms with Crippen molar-refractivity contribution in [1.29, 1.82) is 0 Å². The molecule has 0 aromatic heterocycles. The highest BCUT2D eigenvalue weighted by Crippen LogP contribution is 2.37. The summed E-state index contributed by atoms with van der Waals surface area (Å²) >= 11 is 0. The number of halogens is 4. The molecule has 0 radical (unpaired) electrons. The van der Waals surface area contributed by atoms with Crippen LogP contribution in [-0.4, -0.2) is 47.3 Å². The highest BCUT2D eigenvalue weighted by atomic mass is 19.4. The normalized spacial score (nSPS) is 19.4. The third kappa shape index (κ3) is 6.43. The van der Waals surface area contributed by atoms with Crippen LogP contribution in [-0.2, 0) is 11.8 Å². The van der Waals surface area contributed by atoms with Crippen LogP contribution in [0.15, 0.2) is 54.6 Å². The second-order valence-corrected chi connectivity index (χ2v) is 9.07. The van der Waals surface area contributed by atoms with Crippen LogP contribution in [0.4, 0.5) is 17.6 Å². The Morgan fingerprint density at radius 1 is 1.12 bits per heavy atom. The van der Waals surface area contributed by atoms with Crippen LogP contribution >= 0.6 is 0 Å². The topological polar surface area (TPSA) is 52.6 Å². The molecule has 0 bridgehead atoms. The monoisotopic (exact) mass is 480 g/mol. The lowest BCUT2D eigenvalue weighted by atomic mass is 9.83. The molecule has 1 fully saturated rings. The van der Waals surface area contributed by atoms with Gasteiger partial charge in [0, 0.05) is 31.1 Å². The Morgan fingerprint density at radius 3 is 2.35 bits per heavy atom. The molecule has 1 aliphatic heterocycles. The van der Waals surface area contributed by atoms with Gasteiger partial charge in [-0.05, 0) is 43.9 Å². The number of benzene rings is 2. The minimum absolute atomic E-state index is 0.0555. The molecule has 1 heterocycles. The highest BCUT2D eigenvalue weighted by molar-refractivity contribution is 5.99. The number of Topliss-reactive ketones (excluding diaryl/α,β-unsaturated/α-hetero) is 1. The van der Waals surface area contributed by atoms with Gasteiger partial charge in [0.15, 0.2) is 12.0 Å². The van der Waals surface area contributed by atoms with Crippen LogP contribution < -0.4 is 5.32 Å². The summed E-state index contributed by atoms with van der Waals surface area (Å²) in [5.41, 5.74) is -1.64. The number of rotatable bonds is 9. The third-order valence-electron chi connectivity index (χ3n) is 6.66. The molecule has 3 unspecified atom stereocenters. The Kier molecular flexibility index (Phi) is 8.49. The van der Waals surface area contributed by atoms with Crippen LogP contribution in [0.2, 0.25) is 0 Å². The number of likely N-dealkylation sites (tertiary alicyclic amines) is 1. The van der Waals surface area contributed by atoms with Crippen molar-refractivity contribution in [3.05, 3.63) is 71.3 Å². The average molecular weight is 481 g/mol. The lowest BCUT2D eigenvalue weighted by Crippen LogP contribution is -2.55. The van der Waals surface area contributed by atoms with Crippen molar-refractivity contribution in [2.75, 3.05) is 13.1 Å². The largest absolute Gasteiger partial charge is 0.416 e. The molecule has 186 valence electrons. The summed E-state index contributed by atoms with van der Waals surface area (Å²) in [7, 11) is 0. The van der Waals surface area contributed by atoms with Crippen LogP contribution in [0, 0.1) is 0 Å². The Morgan fingerprint density at radius 2 is 1.76 bits per heavy atom. The van der Waals surface area contributed by atoms with Gasteiger partial charge in [-0.15, -0.1) is 0 Å². The molecule has 34 heavy (non-hydrogen) atoms. The van der Waals surface area contributed by atoms with Gasteiger partial charge in [-0.3, -0.25) is 15.0 Å². The van der Waals surface area contributed by atoms with Crippen molar-refractivity contribution < 1.29 is 27.5 Å². The summed E-state index contributed by atoms with van der Waals surface area (Å²) < 4.78 is 54.4. The van der Waals surface area contributed by atoms with E-state index in [9.17, 15) is 23.1 Å². The van der Waals surface area contributed by atoms with Gasteiger partial charge < -0.3 is 5.11 Å². The van der Waals surface area contributed by atoms with E-state index < -0.39 is 35.5 Å². The fraction of sp³-hybridized carbons (Fsp3) is 0.500. The predicted octanol–water partition coefficient (Wildman–Crippen LogP) is 5.31. The fourth-order valence-corrected chi connectivity index (χ4v) is 4.33. The minimum Gasteiger partial charge on any atom is -0.385 e. The second kappa shape index (κ2) is 11.0. The first kappa shape index (κ1) is 26.3. The van der Waals surface area contributed by atoms with E-state index in [4.69, 9.17) is 0 Å². The van der Waals surface area contributed by atoms with Gasteiger partial charge in [-0.25, -0.2) is 4.39 Å². The Hall–Kier alpha value is -2.29. The standard InChI is InChI=1S/C26H32F4N2O2/c1-3-18(2)31-23(17-22(27)24(33)19-8-5-4-6-9-19)32-14-12-25(34,13-15-32)20-10-7-11-21(16-20)26(28,29)30/h4-11,16,18,22-23,31,34H,3,12-15,17H2,1-2H3. The summed E-state index contributed by atoms with van der Waals surface area (Å²) in [5, 5.41) is 14.5. The van der Waals surface area contributed by atoms with E-state index in [1.807, 2.05) is 18.7 Å². The first-order valence-electron chi connectivity index (χ1n) is 11.7. The maximum absolute atomic E-state index is 15.0. The van der Waals surface area contributed by atoms with Crippen molar-refractivity contribution in [2.45, 2.75) is 69.7 Å². The fourth-order valence-electron chi connectivity index (χ4n) is 4.33. The second-order valence-electron chi connectivity index (χ2n) is 9.07.